The number of rotatable bonds is 5. The van der Waals surface area contributed by atoms with E-state index >= 15 is 0 Å². The third kappa shape index (κ3) is 3.81. The maximum Gasteiger partial charge on any atom is 0.141 e. The van der Waals surface area contributed by atoms with Gasteiger partial charge in [0.15, 0.2) is 0 Å². The van der Waals surface area contributed by atoms with E-state index in [1.807, 2.05) is 12.1 Å². The summed E-state index contributed by atoms with van der Waals surface area (Å²) < 4.78 is 13.5. The van der Waals surface area contributed by atoms with Crippen LogP contribution in [-0.4, -0.2) is 35.5 Å². The molecule has 0 bridgehead atoms. The molecule has 23 heavy (non-hydrogen) atoms. The molecular formula is C18H19FN4. The van der Waals surface area contributed by atoms with Crippen molar-refractivity contribution in [2.45, 2.75) is 6.42 Å². The number of anilines is 2. The molecule has 0 radical (unpaired) electrons. The molecule has 1 aromatic heterocycles. The van der Waals surface area contributed by atoms with Crippen molar-refractivity contribution in [2.75, 3.05) is 26.0 Å². The van der Waals surface area contributed by atoms with Gasteiger partial charge in [-0.2, -0.15) is 0 Å². The van der Waals surface area contributed by atoms with Crippen LogP contribution in [0.1, 0.15) is 5.56 Å². The molecule has 0 atom stereocenters. The Bertz CT molecular complexity index is 800. The molecule has 3 rings (SSSR count). The number of nitrogens with one attached hydrogen (secondary N) is 1. The molecule has 0 aliphatic rings. The Kier molecular flexibility index (Phi) is 4.48. The fourth-order valence-corrected chi connectivity index (χ4v) is 2.37. The molecule has 0 fully saturated rings. The van der Waals surface area contributed by atoms with E-state index in [1.165, 1.54) is 24.0 Å². The summed E-state index contributed by atoms with van der Waals surface area (Å²) in [6.45, 7) is 1.02. The maximum atomic E-state index is 13.5. The van der Waals surface area contributed by atoms with Gasteiger partial charge in [-0.25, -0.2) is 14.4 Å². The van der Waals surface area contributed by atoms with Gasteiger partial charge >= 0.3 is 0 Å². The lowest BCUT2D eigenvalue weighted by molar-refractivity contribution is 0.413. The quantitative estimate of drug-likeness (QED) is 0.781. The summed E-state index contributed by atoms with van der Waals surface area (Å²) in [6, 6.07) is 12.7. The smallest absolute Gasteiger partial charge is 0.141 e. The Balaban J connectivity index is 1.80. The van der Waals surface area contributed by atoms with Crippen LogP contribution >= 0.6 is 0 Å². The number of aromatic nitrogens is 2. The van der Waals surface area contributed by atoms with Gasteiger partial charge in [0.25, 0.3) is 0 Å². The molecule has 1 heterocycles. The zero-order chi connectivity index (χ0) is 16.2. The molecule has 0 saturated carbocycles. The molecule has 0 saturated heterocycles. The van der Waals surface area contributed by atoms with Crippen molar-refractivity contribution in [3.63, 3.8) is 0 Å². The van der Waals surface area contributed by atoms with Gasteiger partial charge in [-0.1, -0.05) is 12.1 Å². The van der Waals surface area contributed by atoms with Crippen LogP contribution in [0.3, 0.4) is 0 Å². The van der Waals surface area contributed by atoms with E-state index in [1.54, 1.807) is 6.07 Å². The molecule has 4 nitrogen and oxygen atoms in total. The molecule has 2 aromatic carbocycles. The predicted molar refractivity (Wildman–Crippen MR) is 91.5 cm³/mol. The normalized spacial score (nSPS) is 11.1. The van der Waals surface area contributed by atoms with E-state index in [9.17, 15) is 4.39 Å². The van der Waals surface area contributed by atoms with Crippen LogP contribution in [0, 0.1) is 5.82 Å². The van der Waals surface area contributed by atoms with Gasteiger partial charge in [0.05, 0.1) is 5.52 Å². The number of likely N-dealkylation sites (N-methyl/N-ethyl adjacent to an activating group) is 1. The Hall–Kier alpha value is -2.53. The van der Waals surface area contributed by atoms with Crippen LogP contribution in [0.25, 0.3) is 10.9 Å². The average Bonchev–Trinajstić information content (AvgIpc) is 2.55. The second-order valence-corrected chi connectivity index (χ2v) is 5.76. The zero-order valence-corrected chi connectivity index (χ0v) is 13.3. The third-order valence-electron chi connectivity index (χ3n) is 3.66. The number of halogens is 1. The third-order valence-corrected chi connectivity index (χ3v) is 3.66. The first-order valence-corrected chi connectivity index (χ1v) is 7.53. The van der Waals surface area contributed by atoms with Crippen molar-refractivity contribution in [3.8, 4) is 0 Å². The fourth-order valence-electron chi connectivity index (χ4n) is 2.37. The molecule has 0 amide bonds. The van der Waals surface area contributed by atoms with Crippen LogP contribution in [0.2, 0.25) is 0 Å². The monoisotopic (exact) mass is 310 g/mol. The summed E-state index contributed by atoms with van der Waals surface area (Å²) in [6.07, 6.45) is 2.49. The first kappa shape index (κ1) is 15.4. The largest absolute Gasteiger partial charge is 0.340 e. The molecule has 3 aromatic rings. The summed E-state index contributed by atoms with van der Waals surface area (Å²) in [7, 11) is 4.13. The molecular weight excluding hydrogens is 291 g/mol. The Morgan fingerprint density at radius 1 is 1.04 bits per heavy atom. The van der Waals surface area contributed by atoms with Crippen molar-refractivity contribution in [1.29, 1.82) is 0 Å². The zero-order valence-electron chi connectivity index (χ0n) is 13.3. The van der Waals surface area contributed by atoms with Gasteiger partial charge < -0.3 is 10.2 Å². The SMILES string of the molecule is CN(C)CCc1ccc(Nc2ncnc3ccc(F)cc23)cc1. The van der Waals surface area contributed by atoms with E-state index in [0.717, 1.165) is 18.7 Å². The highest BCUT2D eigenvalue weighted by molar-refractivity contribution is 5.90. The highest BCUT2D eigenvalue weighted by Crippen LogP contribution is 2.23. The van der Waals surface area contributed by atoms with Crippen LogP contribution in [-0.2, 0) is 6.42 Å². The molecule has 0 spiro atoms. The van der Waals surface area contributed by atoms with Gasteiger partial charge in [-0.05, 0) is 56.4 Å². The summed E-state index contributed by atoms with van der Waals surface area (Å²) in [5.74, 6) is 0.310. The topological polar surface area (TPSA) is 41.0 Å². The van der Waals surface area contributed by atoms with E-state index < -0.39 is 0 Å². The molecule has 0 aliphatic carbocycles. The van der Waals surface area contributed by atoms with E-state index in [4.69, 9.17) is 0 Å². The second kappa shape index (κ2) is 6.71. The summed E-state index contributed by atoms with van der Waals surface area (Å²) in [4.78, 5) is 10.5. The first-order valence-electron chi connectivity index (χ1n) is 7.53. The summed E-state index contributed by atoms with van der Waals surface area (Å²) >= 11 is 0. The summed E-state index contributed by atoms with van der Waals surface area (Å²) in [5, 5.41) is 3.91. The number of nitrogens with zero attached hydrogens (tertiary/aromatic N) is 3. The lowest BCUT2D eigenvalue weighted by atomic mass is 10.1. The van der Waals surface area contributed by atoms with Crippen molar-refractivity contribution in [2.24, 2.45) is 0 Å². The standard InChI is InChI=1S/C18H19FN4/c1-23(2)10-9-13-3-6-15(7-4-13)22-18-16-11-14(19)5-8-17(16)20-12-21-18/h3-8,11-12H,9-10H2,1-2H3,(H,20,21,22). The van der Waals surface area contributed by atoms with E-state index in [2.05, 4.69) is 46.4 Å². The maximum absolute atomic E-state index is 13.5. The van der Waals surface area contributed by atoms with Gasteiger partial charge in [0.1, 0.15) is 18.0 Å². The number of hydrogen-bond acceptors (Lipinski definition) is 4. The van der Waals surface area contributed by atoms with Crippen LogP contribution in [0.5, 0.6) is 0 Å². The van der Waals surface area contributed by atoms with Gasteiger partial charge in [0.2, 0.25) is 0 Å². The Morgan fingerprint density at radius 3 is 2.57 bits per heavy atom. The minimum absolute atomic E-state index is 0.297. The van der Waals surface area contributed by atoms with Crippen LogP contribution < -0.4 is 5.32 Å². The van der Waals surface area contributed by atoms with Crippen molar-refractivity contribution in [3.05, 3.63) is 60.2 Å². The number of benzene rings is 2. The van der Waals surface area contributed by atoms with Crippen LogP contribution in [0.15, 0.2) is 48.8 Å². The predicted octanol–water partition coefficient (Wildman–Crippen LogP) is 3.62. The fraction of sp³-hybridized carbons (Fsp3) is 0.222. The van der Waals surface area contributed by atoms with E-state index in [0.29, 0.717) is 16.7 Å². The van der Waals surface area contributed by atoms with Gasteiger partial charge in [-0.3, -0.25) is 0 Å². The molecule has 0 unspecified atom stereocenters. The average molecular weight is 310 g/mol. The number of fused-ring (bicyclic) bond motifs is 1. The van der Waals surface area contributed by atoms with Gasteiger partial charge in [-0.15, -0.1) is 0 Å². The van der Waals surface area contributed by atoms with Gasteiger partial charge in [0, 0.05) is 17.6 Å². The lowest BCUT2D eigenvalue weighted by Crippen LogP contribution is -2.14. The highest BCUT2D eigenvalue weighted by Gasteiger charge is 2.05. The molecule has 0 aliphatic heterocycles. The molecule has 5 heteroatoms. The Morgan fingerprint density at radius 2 is 1.83 bits per heavy atom. The number of hydrogen-bond donors (Lipinski definition) is 1. The minimum atomic E-state index is -0.297. The Labute approximate surface area is 135 Å². The van der Waals surface area contributed by atoms with E-state index in [-0.39, 0.29) is 5.82 Å². The minimum Gasteiger partial charge on any atom is -0.340 e. The molecule has 118 valence electrons. The first-order chi connectivity index (χ1) is 11.1. The summed E-state index contributed by atoms with van der Waals surface area (Å²) in [5.41, 5.74) is 2.91. The second-order valence-electron chi connectivity index (χ2n) is 5.76. The van der Waals surface area contributed by atoms with Crippen molar-refractivity contribution >= 4 is 22.4 Å². The lowest BCUT2D eigenvalue weighted by Gasteiger charge is -2.11. The van der Waals surface area contributed by atoms with Crippen molar-refractivity contribution < 1.29 is 4.39 Å². The van der Waals surface area contributed by atoms with Crippen molar-refractivity contribution in [1.82, 2.24) is 14.9 Å². The highest BCUT2D eigenvalue weighted by atomic mass is 19.1. The van der Waals surface area contributed by atoms with Crippen LogP contribution in [0.4, 0.5) is 15.9 Å². The molecule has 1 N–H and O–H groups in total.